The summed E-state index contributed by atoms with van der Waals surface area (Å²) in [6.07, 6.45) is 0. The van der Waals surface area contributed by atoms with E-state index in [1.165, 1.54) is 12.1 Å². The number of carbonyl (C=O) groups is 2. The molecule has 0 unspecified atom stereocenters. The molecule has 0 aromatic heterocycles. The maximum absolute atomic E-state index is 12.2. The van der Waals surface area contributed by atoms with E-state index >= 15 is 0 Å². The van der Waals surface area contributed by atoms with Gasteiger partial charge in [-0.1, -0.05) is 22.0 Å². The number of amides is 1. The molecule has 0 saturated heterocycles. The molecule has 0 bridgehead atoms. The van der Waals surface area contributed by atoms with Gasteiger partial charge in [0.25, 0.3) is 5.91 Å². The van der Waals surface area contributed by atoms with Crippen molar-refractivity contribution in [1.82, 2.24) is 0 Å². The Kier molecular flexibility index (Phi) is 4.64. The number of carbonyl (C=O) groups excluding carboxylic acids is 1. The molecule has 21 heavy (non-hydrogen) atoms. The predicted octanol–water partition coefficient (Wildman–Crippen LogP) is 3.74. The molecule has 2 aromatic carbocycles. The van der Waals surface area contributed by atoms with Crippen molar-refractivity contribution in [3.05, 3.63) is 56.5 Å². The van der Waals surface area contributed by atoms with E-state index in [0.29, 0.717) is 20.2 Å². The Bertz CT molecular complexity index is 712. The van der Waals surface area contributed by atoms with Gasteiger partial charge >= 0.3 is 5.97 Å². The van der Waals surface area contributed by atoms with Crippen molar-refractivity contribution >= 4 is 55.1 Å². The molecule has 2 rings (SSSR count). The Morgan fingerprint density at radius 3 is 2.48 bits per heavy atom. The maximum Gasteiger partial charge on any atom is 0.337 e. The van der Waals surface area contributed by atoms with Crippen LogP contribution in [-0.4, -0.2) is 17.0 Å². The lowest BCUT2D eigenvalue weighted by molar-refractivity contribution is 0.0698. The largest absolute Gasteiger partial charge is 0.478 e. The maximum atomic E-state index is 12.2. The fourth-order valence-corrected chi connectivity index (χ4v) is 2.73. The zero-order valence-electron chi connectivity index (χ0n) is 10.6. The highest BCUT2D eigenvalue weighted by atomic mass is 79.9. The zero-order chi connectivity index (χ0) is 15.6. The van der Waals surface area contributed by atoms with Crippen LogP contribution in [0.3, 0.4) is 0 Å². The van der Waals surface area contributed by atoms with E-state index in [1.807, 2.05) is 0 Å². The minimum atomic E-state index is -1.12. The van der Waals surface area contributed by atoms with Crippen LogP contribution in [0.15, 0.2) is 45.3 Å². The van der Waals surface area contributed by atoms with Gasteiger partial charge in [0, 0.05) is 20.2 Å². The summed E-state index contributed by atoms with van der Waals surface area (Å²) >= 11 is 6.49. The van der Waals surface area contributed by atoms with E-state index in [-0.39, 0.29) is 11.3 Å². The third-order valence-corrected chi connectivity index (χ3v) is 3.78. The molecule has 0 heterocycles. The summed E-state index contributed by atoms with van der Waals surface area (Å²) in [4.78, 5) is 23.4. The number of rotatable bonds is 3. The van der Waals surface area contributed by atoms with E-state index in [4.69, 9.17) is 10.8 Å². The van der Waals surface area contributed by atoms with E-state index in [0.717, 1.165) is 0 Å². The highest BCUT2D eigenvalue weighted by molar-refractivity contribution is 9.10. The average molecular weight is 414 g/mol. The normalized spacial score (nSPS) is 10.2. The number of nitrogens with two attached hydrogens (primary N) is 1. The lowest BCUT2D eigenvalue weighted by Crippen LogP contribution is -2.15. The molecule has 0 saturated carbocycles. The molecule has 5 nitrogen and oxygen atoms in total. The van der Waals surface area contributed by atoms with Crippen LogP contribution >= 0.6 is 31.9 Å². The van der Waals surface area contributed by atoms with Gasteiger partial charge in [-0.15, -0.1) is 0 Å². The zero-order valence-corrected chi connectivity index (χ0v) is 13.7. The van der Waals surface area contributed by atoms with Gasteiger partial charge in [0.2, 0.25) is 0 Å². The number of benzene rings is 2. The van der Waals surface area contributed by atoms with E-state index in [9.17, 15) is 9.59 Å². The quantitative estimate of drug-likeness (QED) is 0.668. The Hall–Kier alpha value is -1.86. The number of para-hydroxylation sites is 1. The van der Waals surface area contributed by atoms with Crippen molar-refractivity contribution in [1.29, 1.82) is 0 Å². The summed E-state index contributed by atoms with van der Waals surface area (Å²) in [5.74, 6) is -1.57. The fraction of sp³-hybridized carbons (Fsp3) is 0. The van der Waals surface area contributed by atoms with Crippen LogP contribution in [0.4, 0.5) is 11.4 Å². The Morgan fingerprint density at radius 1 is 1.14 bits per heavy atom. The summed E-state index contributed by atoms with van der Waals surface area (Å²) < 4.78 is 1.15. The first-order valence-electron chi connectivity index (χ1n) is 5.77. The standard InChI is InChI=1S/C14H10Br2N2O3/c15-8-4-7(5-9(17)6-8)13(19)18-12-10(14(20)21)2-1-3-11(12)16/h1-6H,17H2,(H,18,19)(H,20,21). The molecule has 4 N–H and O–H groups in total. The van der Waals surface area contributed by atoms with Crippen molar-refractivity contribution < 1.29 is 14.7 Å². The van der Waals surface area contributed by atoms with Gasteiger partial charge in [0.15, 0.2) is 0 Å². The van der Waals surface area contributed by atoms with Crippen molar-refractivity contribution in [3.63, 3.8) is 0 Å². The van der Waals surface area contributed by atoms with Crippen LogP contribution in [0.1, 0.15) is 20.7 Å². The number of hydrogen-bond donors (Lipinski definition) is 3. The predicted molar refractivity (Wildman–Crippen MR) is 87.6 cm³/mol. The molecule has 0 fully saturated rings. The van der Waals surface area contributed by atoms with Crippen LogP contribution in [0.5, 0.6) is 0 Å². The highest BCUT2D eigenvalue weighted by Gasteiger charge is 2.16. The number of anilines is 2. The first-order chi connectivity index (χ1) is 9.88. The molecule has 0 aliphatic rings. The van der Waals surface area contributed by atoms with Gasteiger partial charge in [-0.3, -0.25) is 4.79 Å². The third-order valence-electron chi connectivity index (χ3n) is 2.66. The van der Waals surface area contributed by atoms with Crippen LogP contribution in [-0.2, 0) is 0 Å². The summed E-state index contributed by atoms with van der Waals surface area (Å²) in [7, 11) is 0. The Balaban J connectivity index is 2.38. The lowest BCUT2D eigenvalue weighted by atomic mass is 10.1. The van der Waals surface area contributed by atoms with Crippen LogP contribution in [0.2, 0.25) is 0 Å². The molecule has 0 aliphatic carbocycles. The number of halogens is 2. The number of nitrogens with one attached hydrogen (secondary N) is 1. The van der Waals surface area contributed by atoms with Crippen molar-refractivity contribution in [2.75, 3.05) is 11.1 Å². The second-order valence-corrected chi connectivity index (χ2v) is 5.96. The number of nitrogen functional groups attached to an aromatic ring is 1. The first-order valence-corrected chi connectivity index (χ1v) is 7.36. The van der Waals surface area contributed by atoms with Crippen molar-refractivity contribution in [2.45, 2.75) is 0 Å². The fourth-order valence-electron chi connectivity index (χ4n) is 1.76. The van der Waals surface area contributed by atoms with Gasteiger partial charge in [-0.2, -0.15) is 0 Å². The van der Waals surface area contributed by atoms with E-state index in [2.05, 4.69) is 37.2 Å². The number of carboxylic acid groups (broad SMARTS) is 1. The molecule has 7 heteroatoms. The molecule has 0 atom stereocenters. The van der Waals surface area contributed by atoms with E-state index < -0.39 is 11.9 Å². The van der Waals surface area contributed by atoms with Gasteiger partial charge in [-0.25, -0.2) is 4.79 Å². The first kappa shape index (κ1) is 15.5. The van der Waals surface area contributed by atoms with Crippen LogP contribution < -0.4 is 11.1 Å². The van der Waals surface area contributed by atoms with E-state index in [1.54, 1.807) is 24.3 Å². The number of hydrogen-bond acceptors (Lipinski definition) is 3. The van der Waals surface area contributed by atoms with Crippen molar-refractivity contribution in [2.24, 2.45) is 0 Å². The average Bonchev–Trinajstić information content (AvgIpc) is 2.39. The molecule has 0 radical (unpaired) electrons. The smallest absolute Gasteiger partial charge is 0.337 e. The summed E-state index contributed by atoms with van der Waals surface area (Å²) in [5, 5.41) is 11.7. The molecule has 1 amide bonds. The van der Waals surface area contributed by atoms with Crippen molar-refractivity contribution in [3.8, 4) is 0 Å². The molecular weight excluding hydrogens is 404 g/mol. The Labute approximate surface area is 137 Å². The lowest BCUT2D eigenvalue weighted by Gasteiger charge is -2.11. The minimum Gasteiger partial charge on any atom is -0.478 e. The van der Waals surface area contributed by atoms with Gasteiger partial charge < -0.3 is 16.2 Å². The summed E-state index contributed by atoms with van der Waals surface area (Å²) in [6, 6.07) is 9.42. The topological polar surface area (TPSA) is 92.4 Å². The SMILES string of the molecule is Nc1cc(Br)cc(C(=O)Nc2c(Br)cccc2C(=O)O)c1. The molecule has 2 aromatic rings. The monoisotopic (exact) mass is 412 g/mol. The molecule has 108 valence electrons. The van der Waals surface area contributed by atoms with Crippen LogP contribution in [0, 0.1) is 0 Å². The van der Waals surface area contributed by atoms with Crippen LogP contribution in [0.25, 0.3) is 0 Å². The number of aromatic carboxylic acids is 1. The second kappa shape index (κ2) is 6.28. The minimum absolute atomic E-state index is 0.000642. The Morgan fingerprint density at radius 2 is 1.86 bits per heavy atom. The second-order valence-electron chi connectivity index (χ2n) is 4.19. The summed E-state index contributed by atoms with van der Waals surface area (Å²) in [5.41, 5.74) is 6.65. The van der Waals surface area contributed by atoms with Gasteiger partial charge in [0.1, 0.15) is 0 Å². The van der Waals surface area contributed by atoms with Gasteiger partial charge in [0.05, 0.1) is 11.3 Å². The van der Waals surface area contributed by atoms with Gasteiger partial charge in [-0.05, 0) is 46.3 Å². The molecule has 0 spiro atoms. The summed E-state index contributed by atoms with van der Waals surface area (Å²) in [6.45, 7) is 0. The number of carboxylic acids is 1. The molecule has 0 aliphatic heterocycles. The highest BCUT2D eigenvalue weighted by Crippen LogP contribution is 2.27. The molecular formula is C14H10Br2N2O3. The third kappa shape index (κ3) is 3.62.